The fourth-order valence-corrected chi connectivity index (χ4v) is 3.48. The van der Waals surface area contributed by atoms with E-state index in [9.17, 15) is 5.11 Å². The van der Waals surface area contributed by atoms with Gasteiger partial charge in [-0.1, -0.05) is 47.4 Å². The summed E-state index contributed by atoms with van der Waals surface area (Å²) in [4.78, 5) is 0. The Kier molecular flexibility index (Phi) is 8.81. The van der Waals surface area contributed by atoms with Crippen molar-refractivity contribution in [1.82, 2.24) is 0 Å². The molecule has 29 heavy (non-hydrogen) atoms. The van der Waals surface area contributed by atoms with E-state index in [1.54, 1.807) is 32.4 Å². The summed E-state index contributed by atoms with van der Waals surface area (Å²) in [6.45, 7) is 9.55. The summed E-state index contributed by atoms with van der Waals surface area (Å²) >= 11 is 0. The minimum Gasteiger partial charge on any atom is -0.823 e. The van der Waals surface area contributed by atoms with Gasteiger partial charge in [0.25, 0.3) is 0 Å². The Bertz CT molecular complexity index is 808. The van der Waals surface area contributed by atoms with Crippen LogP contribution >= 0.6 is 8.20 Å². The summed E-state index contributed by atoms with van der Waals surface area (Å²) in [7, 11) is 3.56. The van der Waals surface area contributed by atoms with Crippen molar-refractivity contribution in [3.8, 4) is 23.0 Å². The van der Waals surface area contributed by atoms with E-state index in [-0.39, 0.29) is 5.48 Å². The third-order valence-electron chi connectivity index (χ3n) is 3.95. The van der Waals surface area contributed by atoms with Gasteiger partial charge in [-0.15, -0.1) is 0 Å². The first-order valence-corrected chi connectivity index (χ1v) is 10.6. The van der Waals surface area contributed by atoms with Crippen molar-refractivity contribution in [2.45, 2.75) is 27.7 Å². The fourth-order valence-electron chi connectivity index (χ4n) is 2.54. The maximum atomic E-state index is 13.1. The van der Waals surface area contributed by atoms with E-state index in [1.807, 2.05) is 18.2 Å². The maximum absolute atomic E-state index is 13.1. The van der Waals surface area contributed by atoms with Crippen LogP contribution in [0.5, 0.6) is 23.0 Å². The van der Waals surface area contributed by atoms with Gasteiger partial charge < -0.3 is 24.1 Å². The van der Waals surface area contributed by atoms with Gasteiger partial charge in [0.15, 0.2) is 0 Å². The van der Waals surface area contributed by atoms with Crippen molar-refractivity contribution in [3.05, 3.63) is 42.0 Å². The highest BCUT2D eigenvalue weighted by Gasteiger charge is 2.11. The first-order chi connectivity index (χ1) is 13.8. The first-order valence-electron chi connectivity index (χ1n) is 9.72. The lowest BCUT2D eigenvalue weighted by Gasteiger charge is -2.20. The minimum atomic E-state index is -0.121. The third-order valence-corrected chi connectivity index (χ3v) is 4.99. The third kappa shape index (κ3) is 6.66. The molecule has 158 valence electrons. The van der Waals surface area contributed by atoms with Gasteiger partial charge in [-0.05, 0) is 36.1 Å². The van der Waals surface area contributed by atoms with Crippen LogP contribution in [0.3, 0.4) is 0 Å². The number of hydrogen-bond donors (Lipinski definition) is 0. The van der Waals surface area contributed by atoms with E-state index in [0.717, 1.165) is 11.1 Å². The Labute approximate surface area is 175 Å². The normalized spacial score (nSPS) is 11.7. The number of methoxy groups -OCH3 is 2. The van der Waals surface area contributed by atoms with E-state index in [2.05, 4.69) is 27.7 Å². The lowest BCUT2D eigenvalue weighted by molar-refractivity contribution is -0.207. The van der Waals surface area contributed by atoms with E-state index in [0.29, 0.717) is 56.1 Å². The summed E-state index contributed by atoms with van der Waals surface area (Å²) in [5.41, 5.74) is 0.304. The van der Waals surface area contributed by atoms with Crippen LogP contribution in [-0.2, 0) is 0 Å². The predicted molar refractivity (Wildman–Crippen MR) is 117 cm³/mol. The van der Waals surface area contributed by atoms with Crippen LogP contribution in [0.15, 0.2) is 36.4 Å². The molecule has 0 amide bonds. The molecule has 0 radical (unpaired) electrons. The van der Waals surface area contributed by atoms with E-state index < -0.39 is 0 Å². The highest BCUT2D eigenvalue weighted by molar-refractivity contribution is 7.49. The van der Waals surface area contributed by atoms with E-state index in [4.69, 9.17) is 18.9 Å². The van der Waals surface area contributed by atoms with Crippen molar-refractivity contribution in [2.75, 3.05) is 27.4 Å². The molecule has 0 spiro atoms. The lowest BCUT2D eigenvalue weighted by atomic mass is 10.2. The van der Waals surface area contributed by atoms with Gasteiger partial charge in [0.05, 0.1) is 27.4 Å². The Balaban J connectivity index is 2.44. The van der Waals surface area contributed by atoms with Crippen LogP contribution in [0.1, 0.15) is 33.3 Å². The molecule has 0 bridgehead atoms. The summed E-state index contributed by atoms with van der Waals surface area (Å²) in [5, 5.41) is 13.9. The lowest BCUT2D eigenvalue weighted by Crippen LogP contribution is -2.20. The number of ether oxygens (including phenoxy) is 4. The van der Waals surface area contributed by atoms with Crippen LogP contribution in [0.4, 0.5) is 0 Å². The molecule has 0 fully saturated rings. The molecule has 0 heterocycles. The molecular formula is C23H30O5P-. The Morgan fingerprint density at radius 3 is 2.00 bits per heavy atom. The van der Waals surface area contributed by atoms with Crippen LogP contribution < -0.4 is 29.4 Å². The second kappa shape index (κ2) is 11.1. The number of hydrogen-bond acceptors (Lipinski definition) is 5. The molecule has 0 atom stereocenters. The smallest absolute Gasteiger partial charge is 0.134 e. The highest BCUT2D eigenvalue weighted by Crippen LogP contribution is 2.30. The molecule has 0 saturated heterocycles. The largest absolute Gasteiger partial charge is 0.823 e. The molecule has 0 aliphatic carbocycles. The molecule has 2 rings (SSSR count). The Hall–Kier alpha value is -2.23. The standard InChI is InChI=1S/C23H31O5P/c1-15(2)13-27-17-10-11-21(20(12-17)28-14-16(3)4)29-23(24)22-18(25-5)8-7-9-19(22)26-6/h7-12,15-16,24H,13-14H2,1-6H3/p-1. The summed E-state index contributed by atoms with van der Waals surface area (Å²) in [6, 6.07) is 10.9. The molecule has 0 aliphatic heterocycles. The molecule has 6 heteroatoms. The average molecular weight is 417 g/mol. The van der Waals surface area contributed by atoms with Gasteiger partial charge in [0, 0.05) is 16.9 Å². The van der Waals surface area contributed by atoms with Crippen LogP contribution in [0, 0.1) is 11.8 Å². The van der Waals surface area contributed by atoms with Gasteiger partial charge >= 0.3 is 0 Å². The Morgan fingerprint density at radius 2 is 1.45 bits per heavy atom. The zero-order valence-electron chi connectivity index (χ0n) is 18.0. The van der Waals surface area contributed by atoms with Crippen molar-refractivity contribution in [3.63, 3.8) is 0 Å². The summed E-state index contributed by atoms with van der Waals surface area (Å²) in [6.07, 6.45) is 0. The SMILES string of the molecule is COc1cccc(OC)c1C([O-])=Pc1ccc(OCC(C)C)cc1OCC(C)C. The molecule has 2 aromatic carbocycles. The molecule has 0 unspecified atom stereocenters. The van der Waals surface area contributed by atoms with Gasteiger partial charge in [-0.2, -0.15) is 0 Å². The number of benzene rings is 2. The molecule has 5 nitrogen and oxygen atoms in total. The van der Waals surface area contributed by atoms with Gasteiger partial charge in [0.1, 0.15) is 23.0 Å². The van der Waals surface area contributed by atoms with Crippen molar-refractivity contribution < 1.29 is 24.1 Å². The van der Waals surface area contributed by atoms with Crippen molar-refractivity contribution in [2.24, 2.45) is 11.8 Å². The predicted octanol–water partition coefficient (Wildman–Crippen LogP) is 3.88. The topological polar surface area (TPSA) is 60.0 Å². The second-order valence-electron chi connectivity index (χ2n) is 7.49. The van der Waals surface area contributed by atoms with Crippen molar-refractivity contribution >= 4 is 19.0 Å². The molecule has 0 N–H and O–H groups in total. The van der Waals surface area contributed by atoms with Crippen molar-refractivity contribution in [1.29, 1.82) is 0 Å². The van der Waals surface area contributed by atoms with Gasteiger partial charge in [-0.25, -0.2) is 0 Å². The molecule has 0 aliphatic rings. The fraction of sp³-hybridized carbons (Fsp3) is 0.435. The average Bonchev–Trinajstić information content (AvgIpc) is 2.70. The minimum absolute atomic E-state index is 0.121. The first kappa shape index (κ1) is 23.1. The van der Waals surface area contributed by atoms with Gasteiger partial charge in [0.2, 0.25) is 0 Å². The molecule has 2 aromatic rings. The Morgan fingerprint density at radius 1 is 0.862 bits per heavy atom. The zero-order valence-corrected chi connectivity index (χ0v) is 18.9. The second-order valence-corrected chi connectivity index (χ2v) is 8.61. The zero-order chi connectivity index (χ0) is 21.4. The highest BCUT2D eigenvalue weighted by atomic mass is 31.1. The van der Waals surface area contributed by atoms with Crippen LogP contribution in [-0.4, -0.2) is 32.9 Å². The maximum Gasteiger partial charge on any atom is 0.134 e. The van der Waals surface area contributed by atoms with E-state index >= 15 is 0 Å². The molecule has 0 aromatic heterocycles. The van der Waals surface area contributed by atoms with E-state index in [1.165, 1.54) is 0 Å². The number of rotatable bonds is 10. The molecule has 0 saturated carbocycles. The monoisotopic (exact) mass is 417 g/mol. The van der Waals surface area contributed by atoms with Gasteiger partial charge in [-0.3, -0.25) is 0 Å². The summed E-state index contributed by atoms with van der Waals surface area (Å²) in [5.74, 6) is 3.16. The quantitative estimate of drug-likeness (QED) is 0.549. The molecular weight excluding hydrogens is 387 g/mol. The summed E-state index contributed by atoms with van der Waals surface area (Å²) < 4.78 is 22.6. The van der Waals surface area contributed by atoms with Crippen LogP contribution in [0.2, 0.25) is 0 Å². The van der Waals surface area contributed by atoms with Crippen LogP contribution in [0.25, 0.3) is 0 Å².